The number of nitro groups is 2. The fraction of sp³-hybridized carbons (Fsp3) is 0.0312. The number of carbonyl (C=O) groups is 1. The zero-order valence-electron chi connectivity index (χ0n) is 25.6. The molecule has 2 aliphatic heterocycles. The van der Waals surface area contributed by atoms with Crippen LogP contribution in [0.1, 0.15) is 27.0 Å². The van der Waals surface area contributed by atoms with Crippen molar-refractivity contribution in [2.45, 2.75) is 15.4 Å². The second-order valence-electron chi connectivity index (χ2n) is 11.0. The molecule has 7 rings (SSSR count). The van der Waals surface area contributed by atoms with Crippen LogP contribution < -0.4 is 13.1 Å². The third-order valence-electron chi connectivity index (χ3n) is 8.05. The second kappa shape index (κ2) is 12.0. The summed E-state index contributed by atoms with van der Waals surface area (Å²) in [5.41, 5.74) is -6.83. The number of para-hydroxylation sites is 2. The fourth-order valence-electron chi connectivity index (χ4n) is 5.86. The van der Waals surface area contributed by atoms with Crippen molar-refractivity contribution in [3.05, 3.63) is 151 Å². The minimum Gasteiger partial charge on any atom is -0.450 e. The highest BCUT2D eigenvalue weighted by Crippen LogP contribution is 2.59. The highest BCUT2D eigenvalue weighted by Gasteiger charge is 2.56. The summed E-state index contributed by atoms with van der Waals surface area (Å²) in [7, 11) is -10.8. The van der Waals surface area contributed by atoms with Gasteiger partial charge in [-0.3, -0.25) is 20.2 Å². The van der Waals surface area contributed by atoms with Crippen molar-refractivity contribution in [3.8, 4) is 23.0 Å². The number of rotatable bonds is 8. The molecule has 2 aliphatic rings. The number of fused-ring (bicyclic) bond motifs is 6. The van der Waals surface area contributed by atoms with Crippen LogP contribution in [0, 0.1) is 43.5 Å². The van der Waals surface area contributed by atoms with E-state index in [1.165, 1.54) is 24.3 Å². The number of halogens is 4. The Bertz CT molecular complexity index is 2560. The third-order valence-corrected chi connectivity index (χ3v) is 10.6. The van der Waals surface area contributed by atoms with Gasteiger partial charge in [0, 0.05) is 17.7 Å². The van der Waals surface area contributed by atoms with Gasteiger partial charge in [-0.25, -0.2) is 13.6 Å². The van der Waals surface area contributed by atoms with Gasteiger partial charge in [-0.15, -0.1) is 0 Å². The molecule has 5 aromatic carbocycles. The van der Waals surface area contributed by atoms with Crippen LogP contribution in [0.2, 0.25) is 0 Å². The van der Waals surface area contributed by atoms with Crippen LogP contribution in [0.3, 0.4) is 0 Å². The Morgan fingerprint density at radius 1 is 0.623 bits per heavy atom. The number of carbonyl (C=O) groups excluding carboxylic acids is 1. The van der Waals surface area contributed by atoms with E-state index < -0.39 is 120 Å². The number of hydrogen-bond donors (Lipinski definition) is 0. The minimum absolute atomic E-state index is 0.254. The molecule has 0 bridgehead atoms. The van der Waals surface area contributed by atoms with Gasteiger partial charge in [-0.05, 0) is 30.3 Å². The molecule has 0 fully saturated rings. The molecule has 0 aliphatic carbocycles. The van der Waals surface area contributed by atoms with Gasteiger partial charge >= 0.3 is 26.2 Å². The van der Waals surface area contributed by atoms with Gasteiger partial charge < -0.3 is 17.8 Å². The molecule has 0 saturated heterocycles. The van der Waals surface area contributed by atoms with Crippen LogP contribution >= 0.6 is 0 Å². The lowest BCUT2D eigenvalue weighted by Gasteiger charge is -2.37. The van der Waals surface area contributed by atoms with E-state index in [1.54, 1.807) is 0 Å². The zero-order valence-corrected chi connectivity index (χ0v) is 27.2. The third kappa shape index (κ3) is 5.27. The molecule has 270 valence electrons. The Balaban J connectivity index is 1.44. The highest BCUT2D eigenvalue weighted by atomic mass is 32.2. The van der Waals surface area contributed by atoms with Gasteiger partial charge in [-0.2, -0.15) is 25.6 Å². The molecular weight excluding hydrogens is 760 g/mol. The van der Waals surface area contributed by atoms with Gasteiger partial charge in [0.1, 0.15) is 0 Å². The monoisotopic (exact) mass is 774 g/mol. The molecule has 1 spiro atoms. The topological polar surface area (TPSA) is 209 Å². The predicted molar refractivity (Wildman–Crippen MR) is 166 cm³/mol. The van der Waals surface area contributed by atoms with E-state index in [9.17, 15) is 41.9 Å². The summed E-state index contributed by atoms with van der Waals surface area (Å²) < 4.78 is 137. The van der Waals surface area contributed by atoms with Crippen molar-refractivity contribution in [1.82, 2.24) is 0 Å². The Labute approximate surface area is 293 Å². The lowest BCUT2D eigenvalue weighted by atomic mass is 9.77. The molecule has 21 heteroatoms. The number of hydrogen-bond acceptors (Lipinski definition) is 13. The average Bonchev–Trinajstić information content (AvgIpc) is 3.42. The molecule has 15 nitrogen and oxygen atoms in total. The summed E-state index contributed by atoms with van der Waals surface area (Å²) in [5.74, 6) is -14.9. The molecule has 2 heterocycles. The molecule has 5 aromatic rings. The van der Waals surface area contributed by atoms with Gasteiger partial charge in [-0.1, -0.05) is 42.5 Å². The maximum atomic E-state index is 16.4. The van der Waals surface area contributed by atoms with Crippen molar-refractivity contribution < 1.29 is 66.9 Å². The van der Waals surface area contributed by atoms with Crippen LogP contribution in [0.5, 0.6) is 23.0 Å². The number of nitrogens with zero attached hydrogens (tertiary/aromatic N) is 2. The summed E-state index contributed by atoms with van der Waals surface area (Å²) in [6, 6.07) is 13.1. The molecule has 53 heavy (non-hydrogen) atoms. The van der Waals surface area contributed by atoms with Crippen molar-refractivity contribution in [2.75, 3.05) is 0 Å². The Morgan fingerprint density at radius 3 is 1.49 bits per heavy atom. The first-order valence-electron chi connectivity index (χ1n) is 14.4. The largest absolute Gasteiger partial charge is 0.450 e. The fourth-order valence-corrected chi connectivity index (χ4v) is 8.07. The highest BCUT2D eigenvalue weighted by molar-refractivity contribution is 7.87. The molecule has 0 saturated carbocycles. The summed E-state index contributed by atoms with van der Waals surface area (Å²) in [4.78, 5) is 31.6. The maximum absolute atomic E-state index is 16.4. The Morgan fingerprint density at radius 2 is 1.04 bits per heavy atom. The van der Waals surface area contributed by atoms with Crippen molar-refractivity contribution >= 4 is 37.6 Å². The van der Waals surface area contributed by atoms with E-state index in [0.29, 0.717) is 24.3 Å². The normalized spacial score (nSPS) is 14.0. The smallest absolute Gasteiger partial charge is 0.346 e. The number of ether oxygens (including phenoxy) is 2. The number of benzene rings is 5. The maximum Gasteiger partial charge on any atom is 0.346 e. The predicted octanol–water partition coefficient (Wildman–Crippen LogP) is 6.16. The average molecular weight is 775 g/mol. The summed E-state index contributed by atoms with van der Waals surface area (Å²) >= 11 is 0. The van der Waals surface area contributed by atoms with Gasteiger partial charge in [0.25, 0.3) is 11.4 Å². The van der Waals surface area contributed by atoms with Crippen molar-refractivity contribution in [1.29, 1.82) is 0 Å². The van der Waals surface area contributed by atoms with Crippen LogP contribution in [-0.4, -0.2) is 32.7 Å². The van der Waals surface area contributed by atoms with E-state index in [2.05, 4.69) is 8.37 Å². The zero-order chi connectivity index (χ0) is 38.2. The van der Waals surface area contributed by atoms with E-state index in [1.807, 2.05) is 0 Å². The molecular formula is C32H14F4N2O13S2. The van der Waals surface area contributed by atoms with Crippen molar-refractivity contribution in [3.63, 3.8) is 0 Å². The number of nitro benzene ring substituents is 2. The summed E-state index contributed by atoms with van der Waals surface area (Å²) in [6.45, 7) is 0. The van der Waals surface area contributed by atoms with Crippen LogP contribution in [0.4, 0.5) is 28.9 Å². The van der Waals surface area contributed by atoms with Crippen LogP contribution in [-0.2, 0) is 30.6 Å². The van der Waals surface area contributed by atoms with Gasteiger partial charge in [0.05, 0.1) is 26.5 Å². The molecule has 0 atom stereocenters. The first-order chi connectivity index (χ1) is 25.0. The number of esters is 1. The molecule has 0 amide bonds. The summed E-state index contributed by atoms with van der Waals surface area (Å²) in [6.07, 6.45) is 0. The Hall–Kier alpha value is -6.61. The molecule has 0 unspecified atom stereocenters. The van der Waals surface area contributed by atoms with E-state index in [0.717, 1.165) is 36.4 Å². The van der Waals surface area contributed by atoms with Gasteiger partial charge in [0.15, 0.2) is 38.5 Å². The van der Waals surface area contributed by atoms with Crippen LogP contribution in [0.25, 0.3) is 0 Å². The minimum atomic E-state index is -5.40. The Kier molecular flexibility index (Phi) is 7.87. The van der Waals surface area contributed by atoms with E-state index in [-0.39, 0.29) is 11.1 Å². The first-order valence-corrected chi connectivity index (χ1v) is 17.2. The molecule has 0 aromatic heterocycles. The van der Waals surface area contributed by atoms with E-state index >= 15 is 17.6 Å². The first kappa shape index (κ1) is 34.8. The standard InChI is InChI=1S/C32H14F4N2O13S2/c33-19-13-17-27(25(35)29(19)50-52(44,45)23-11-5-3-9-21(23)37(40)41)48-28-18(32(17)16-8-2-1-7-15(16)31(39)49-32)14-20(34)30(26(28)36)51-53(46,47)24-12-6-4-10-22(24)38(42)43/h1-14H. The lowest BCUT2D eigenvalue weighted by Crippen LogP contribution is -2.34. The SMILES string of the molecule is O=C1OC2(c3ccccc31)c1cc(F)c(OS(=O)(=O)c3ccccc3[N+](=O)[O-])c(F)c1Oc1c2cc(F)c(OS(=O)(=O)c2ccccc2[N+](=O)[O-])c1F. The van der Waals surface area contributed by atoms with Crippen LogP contribution in [0.15, 0.2) is 94.7 Å². The quantitative estimate of drug-likeness (QED) is 0.0569. The second-order valence-corrected chi connectivity index (χ2v) is 14.0. The van der Waals surface area contributed by atoms with Crippen molar-refractivity contribution in [2.24, 2.45) is 0 Å². The van der Waals surface area contributed by atoms with Gasteiger partial charge in [0.2, 0.25) is 23.1 Å². The van der Waals surface area contributed by atoms with E-state index in [4.69, 9.17) is 9.47 Å². The molecule has 0 N–H and O–H groups in total. The lowest BCUT2D eigenvalue weighted by molar-refractivity contribution is -0.388. The summed E-state index contributed by atoms with van der Waals surface area (Å²) in [5, 5.41) is 22.9. The molecule has 0 radical (unpaired) electrons.